The van der Waals surface area contributed by atoms with Gasteiger partial charge in [-0.1, -0.05) is 20.8 Å². The normalized spacial score (nSPS) is 27.9. The fourth-order valence-corrected chi connectivity index (χ4v) is 3.67. The minimum atomic E-state index is 0.654. The van der Waals surface area contributed by atoms with Crippen LogP contribution < -0.4 is 5.32 Å². The van der Waals surface area contributed by atoms with Gasteiger partial charge in [-0.3, -0.25) is 0 Å². The molecule has 2 nitrogen and oxygen atoms in total. The zero-order valence-electron chi connectivity index (χ0n) is 11.5. The molecule has 1 aliphatic heterocycles. The van der Waals surface area contributed by atoms with Gasteiger partial charge in [0.05, 0.1) is 0 Å². The average Bonchev–Trinajstić information content (AvgIpc) is 2.49. The first-order valence-corrected chi connectivity index (χ1v) is 7.56. The van der Waals surface area contributed by atoms with Crippen molar-refractivity contribution < 1.29 is 0 Å². The monoisotopic (exact) mass is 244 g/mol. The molecule has 1 heterocycles. The molecule has 0 radical (unpaired) electrons. The molecule has 0 aromatic carbocycles. The van der Waals surface area contributed by atoms with Crippen molar-refractivity contribution in [3.8, 4) is 0 Å². The molecule has 1 N–H and O–H groups in total. The highest BCUT2D eigenvalue weighted by Gasteiger charge is 2.26. The summed E-state index contributed by atoms with van der Waals surface area (Å²) in [6, 6.07) is 1.38. The van der Waals surface area contributed by atoms with Crippen LogP contribution in [-0.4, -0.2) is 48.6 Å². The standard InChI is InChI=1S/C13H28N2S/c1-10(2)8-12(9-15(4)5)14-13-6-7-16-11(13)3/h10-14H,6-9H2,1-5H3. The van der Waals surface area contributed by atoms with E-state index in [9.17, 15) is 0 Å². The van der Waals surface area contributed by atoms with Gasteiger partial charge in [-0.2, -0.15) is 11.8 Å². The Morgan fingerprint density at radius 1 is 1.38 bits per heavy atom. The van der Waals surface area contributed by atoms with Crippen molar-refractivity contribution in [2.75, 3.05) is 26.4 Å². The van der Waals surface area contributed by atoms with Gasteiger partial charge >= 0.3 is 0 Å². The summed E-state index contributed by atoms with van der Waals surface area (Å²) in [5.74, 6) is 2.11. The summed E-state index contributed by atoms with van der Waals surface area (Å²) in [4.78, 5) is 2.30. The molecule has 1 aliphatic rings. The maximum Gasteiger partial charge on any atom is 0.0200 e. The molecule has 3 unspecified atom stereocenters. The molecule has 1 fully saturated rings. The van der Waals surface area contributed by atoms with Crippen LogP contribution in [0.2, 0.25) is 0 Å². The molecular weight excluding hydrogens is 216 g/mol. The predicted molar refractivity (Wildman–Crippen MR) is 75.3 cm³/mol. The minimum Gasteiger partial charge on any atom is -0.309 e. The van der Waals surface area contributed by atoms with Crippen LogP contribution in [0.25, 0.3) is 0 Å². The first kappa shape index (κ1) is 14.3. The van der Waals surface area contributed by atoms with E-state index >= 15 is 0 Å². The van der Waals surface area contributed by atoms with Crippen molar-refractivity contribution in [3.05, 3.63) is 0 Å². The van der Waals surface area contributed by atoms with Crippen molar-refractivity contribution >= 4 is 11.8 Å². The van der Waals surface area contributed by atoms with Gasteiger partial charge in [-0.25, -0.2) is 0 Å². The Bertz CT molecular complexity index is 184. The van der Waals surface area contributed by atoms with E-state index in [2.05, 4.69) is 56.8 Å². The molecule has 3 heteroatoms. The van der Waals surface area contributed by atoms with Crippen molar-refractivity contribution in [3.63, 3.8) is 0 Å². The van der Waals surface area contributed by atoms with Crippen LogP contribution >= 0.6 is 11.8 Å². The van der Waals surface area contributed by atoms with Crippen LogP contribution in [0.4, 0.5) is 0 Å². The van der Waals surface area contributed by atoms with E-state index in [4.69, 9.17) is 0 Å². The van der Waals surface area contributed by atoms with E-state index in [1.807, 2.05) is 0 Å². The second-order valence-corrected chi connectivity index (χ2v) is 7.21. The Morgan fingerprint density at radius 2 is 2.06 bits per heavy atom. The van der Waals surface area contributed by atoms with Crippen LogP contribution in [0.3, 0.4) is 0 Å². The van der Waals surface area contributed by atoms with Gasteiger partial charge < -0.3 is 10.2 Å². The van der Waals surface area contributed by atoms with E-state index in [-0.39, 0.29) is 0 Å². The van der Waals surface area contributed by atoms with E-state index in [0.29, 0.717) is 6.04 Å². The molecule has 0 bridgehead atoms. The van der Waals surface area contributed by atoms with Crippen LogP contribution in [0, 0.1) is 5.92 Å². The fraction of sp³-hybridized carbons (Fsp3) is 1.00. The maximum atomic E-state index is 3.87. The Hall–Kier alpha value is 0.270. The van der Waals surface area contributed by atoms with Gasteiger partial charge in [0, 0.05) is 23.9 Å². The van der Waals surface area contributed by atoms with E-state index in [0.717, 1.165) is 23.8 Å². The topological polar surface area (TPSA) is 15.3 Å². The van der Waals surface area contributed by atoms with E-state index < -0.39 is 0 Å². The highest BCUT2D eigenvalue weighted by Crippen LogP contribution is 2.26. The lowest BCUT2D eigenvalue weighted by Crippen LogP contribution is -2.46. The SMILES string of the molecule is CC(C)CC(CN(C)C)NC1CCSC1C. The van der Waals surface area contributed by atoms with Crippen molar-refractivity contribution in [2.24, 2.45) is 5.92 Å². The number of likely N-dealkylation sites (N-methyl/N-ethyl adjacent to an activating group) is 1. The summed E-state index contributed by atoms with van der Waals surface area (Å²) in [6.45, 7) is 8.15. The summed E-state index contributed by atoms with van der Waals surface area (Å²) < 4.78 is 0. The largest absolute Gasteiger partial charge is 0.309 e. The van der Waals surface area contributed by atoms with Crippen LogP contribution in [-0.2, 0) is 0 Å². The third-order valence-corrected chi connectivity index (χ3v) is 4.49. The van der Waals surface area contributed by atoms with Gasteiger partial charge in [0.25, 0.3) is 0 Å². The second kappa shape index (κ2) is 6.87. The lowest BCUT2D eigenvalue weighted by molar-refractivity contribution is 0.285. The molecule has 0 aromatic heterocycles. The summed E-state index contributed by atoms with van der Waals surface area (Å²) >= 11 is 2.11. The zero-order valence-corrected chi connectivity index (χ0v) is 12.3. The highest BCUT2D eigenvalue weighted by atomic mass is 32.2. The maximum absolute atomic E-state index is 3.87. The Kier molecular flexibility index (Phi) is 6.16. The first-order chi connectivity index (χ1) is 7.49. The molecule has 0 aromatic rings. The van der Waals surface area contributed by atoms with Gasteiger partial charge in [-0.05, 0) is 38.6 Å². The molecule has 0 saturated carbocycles. The third kappa shape index (κ3) is 5.07. The van der Waals surface area contributed by atoms with Crippen molar-refractivity contribution in [2.45, 2.75) is 50.9 Å². The Morgan fingerprint density at radius 3 is 2.50 bits per heavy atom. The summed E-state index contributed by atoms with van der Waals surface area (Å²) in [6.07, 6.45) is 2.62. The smallest absolute Gasteiger partial charge is 0.0200 e. The van der Waals surface area contributed by atoms with E-state index in [1.54, 1.807) is 0 Å². The van der Waals surface area contributed by atoms with Crippen molar-refractivity contribution in [1.29, 1.82) is 0 Å². The molecule has 96 valence electrons. The van der Waals surface area contributed by atoms with Gasteiger partial charge in [0.2, 0.25) is 0 Å². The summed E-state index contributed by atoms with van der Waals surface area (Å²) in [5, 5.41) is 4.65. The molecule has 0 aliphatic carbocycles. The van der Waals surface area contributed by atoms with Crippen LogP contribution in [0.5, 0.6) is 0 Å². The molecular formula is C13H28N2S. The second-order valence-electron chi connectivity index (χ2n) is 5.73. The fourth-order valence-electron chi connectivity index (χ4n) is 2.46. The van der Waals surface area contributed by atoms with E-state index in [1.165, 1.54) is 18.6 Å². The number of thioether (sulfide) groups is 1. The van der Waals surface area contributed by atoms with Gasteiger partial charge in [0.1, 0.15) is 0 Å². The Labute approximate surface area is 106 Å². The molecule has 1 rings (SSSR count). The summed E-state index contributed by atoms with van der Waals surface area (Å²) in [5.41, 5.74) is 0. The summed E-state index contributed by atoms with van der Waals surface area (Å²) in [7, 11) is 4.34. The molecule has 16 heavy (non-hydrogen) atoms. The van der Waals surface area contributed by atoms with Crippen LogP contribution in [0.15, 0.2) is 0 Å². The van der Waals surface area contributed by atoms with Crippen molar-refractivity contribution in [1.82, 2.24) is 10.2 Å². The van der Waals surface area contributed by atoms with Gasteiger partial charge in [-0.15, -0.1) is 0 Å². The highest BCUT2D eigenvalue weighted by molar-refractivity contribution is 8.00. The number of rotatable bonds is 6. The number of hydrogen-bond acceptors (Lipinski definition) is 3. The molecule has 0 amide bonds. The molecule has 0 spiro atoms. The average molecular weight is 244 g/mol. The van der Waals surface area contributed by atoms with Crippen LogP contribution in [0.1, 0.15) is 33.6 Å². The lowest BCUT2D eigenvalue weighted by atomic mass is 10.0. The lowest BCUT2D eigenvalue weighted by Gasteiger charge is -2.28. The molecule has 3 atom stereocenters. The quantitative estimate of drug-likeness (QED) is 0.772. The zero-order chi connectivity index (χ0) is 12.1. The first-order valence-electron chi connectivity index (χ1n) is 6.51. The third-order valence-electron chi connectivity index (χ3n) is 3.17. The number of nitrogens with one attached hydrogen (secondary N) is 1. The predicted octanol–water partition coefficient (Wildman–Crippen LogP) is 2.45. The Balaban J connectivity index is 2.41. The molecule has 1 saturated heterocycles. The van der Waals surface area contributed by atoms with Gasteiger partial charge in [0.15, 0.2) is 0 Å². The number of hydrogen-bond donors (Lipinski definition) is 1. The minimum absolute atomic E-state index is 0.654. The number of nitrogens with zero attached hydrogens (tertiary/aromatic N) is 1.